The molecule has 7 nitrogen and oxygen atoms in total. The molecule has 0 bridgehead atoms. The Morgan fingerprint density at radius 2 is 1.34 bits per heavy atom. The number of nitro groups is 1. The fraction of sp³-hybridized carbons (Fsp3) is 0.158. The first kappa shape index (κ1) is 22.8. The van der Waals surface area contributed by atoms with Gasteiger partial charge in [0.1, 0.15) is 5.69 Å². The highest BCUT2D eigenvalue weighted by molar-refractivity contribution is 5.69. The van der Waals surface area contributed by atoms with Crippen LogP contribution in [0, 0.1) is 17.0 Å². The van der Waals surface area contributed by atoms with Gasteiger partial charge in [-0.1, -0.05) is 12.1 Å². The maximum Gasteiger partial charge on any atom is 0.416 e. The third-order valence-electron chi connectivity index (χ3n) is 4.14. The number of nitrogens with zero attached hydrogens (tertiary/aromatic N) is 3. The topological polar surface area (TPSA) is 93.0 Å². The molecule has 3 rings (SSSR count). The Balaban J connectivity index is 1.99. The van der Waals surface area contributed by atoms with E-state index in [1.54, 1.807) is 0 Å². The molecule has 0 aliphatic heterocycles. The van der Waals surface area contributed by atoms with Gasteiger partial charge >= 0.3 is 18.0 Å². The van der Waals surface area contributed by atoms with Gasteiger partial charge < -0.3 is 10.6 Å². The molecule has 2 aromatic carbocycles. The van der Waals surface area contributed by atoms with Crippen molar-refractivity contribution in [2.75, 3.05) is 10.6 Å². The molecule has 2 N–H and O–H groups in total. The molecule has 1 aromatic heterocycles. The van der Waals surface area contributed by atoms with Gasteiger partial charge in [0.25, 0.3) is 0 Å². The molecule has 13 heteroatoms. The SMILES string of the molecule is Cc1nc(Nc2cccc(C(F)(F)F)c2)nc(Nc2cccc(C(F)(F)F)c2)c1[N+](=O)[O-]. The molecule has 0 fully saturated rings. The van der Waals surface area contributed by atoms with Crippen molar-refractivity contribution < 1.29 is 31.3 Å². The van der Waals surface area contributed by atoms with Crippen LogP contribution in [0.5, 0.6) is 0 Å². The lowest BCUT2D eigenvalue weighted by Gasteiger charge is -2.13. The van der Waals surface area contributed by atoms with Crippen LogP contribution in [0.1, 0.15) is 16.8 Å². The van der Waals surface area contributed by atoms with Crippen molar-refractivity contribution in [1.82, 2.24) is 9.97 Å². The molecule has 0 radical (unpaired) electrons. The first-order chi connectivity index (χ1) is 14.8. The number of nitrogens with one attached hydrogen (secondary N) is 2. The van der Waals surface area contributed by atoms with Crippen LogP contribution in [0.15, 0.2) is 48.5 Å². The van der Waals surface area contributed by atoms with E-state index in [4.69, 9.17) is 0 Å². The van der Waals surface area contributed by atoms with E-state index < -0.39 is 39.9 Å². The van der Waals surface area contributed by atoms with Crippen LogP contribution in [-0.4, -0.2) is 14.9 Å². The molecule has 3 aromatic rings. The van der Waals surface area contributed by atoms with Gasteiger partial charge in [-0.25, -0.2) is 4.98 Å². The van der Waals surface area contributed by atoms with E-state index in [1.165, 1.54) is 19.1 Å². The number of halogens is 6. The van der Waals surface area contributed by atoms with Gasteiger partial charge in [0, 0.05) is 11.4 Å². The summed E-state index contributed by atoms with van der Waals surface area (Å²) in [6, 6.07) is 8.00. The zero-order valence-electron chi connectivity index (χ0n) is 16.0. The second-order valence-corrected chi connectivity index (χ2v) is 6.49. The van der Waals surface area contributed by atoms with E-state index in [2.05, 4.69) is 20.6 Å². The number of rotatable bonds is 5. The van der Waals surface area contributed by atoms with Crippen molar-refractivity contribution in [1.29, 1.82) is 0 Å². The zero-order chi connectivity index (χ0) is 23.7. The average molecular weight is 457 g/mol. The fourth-order valence-electron chi connectivity index (χ4n) is 2.74. The minimum absolute atomic E-state index is 0.0434. The lowest BCUT2D eigenvalue weighted by molar-refractivity contribution is -0.385. The molecule has 0 aliphatic carbocycles. The minimum Gasteiger partial charge on any atom is -0.334 e. The molecule has 32 heavy (non-hydrogen) atoms. The Kier molecular flexibility index (Phi) is 5.92. The summed E-state index contributed by atoms with van der Waals surface area (Å²) < 4.78 is 77.6. The second kappa shape index (κ2) is 8.32. The molecule has 0 saturated heterocycles. The number of anilines is 4. The summed E-state index contributed by atoms with van der Waals surface area (Å²) in [6.07, 6.45) is -9.23. The van der Waals surface area contributed by atoms with Gasteiger partial charge in [0.05, 0.1) is 16.1 Å². The number of alkyl halides is 6. The van der Waals surface area contributed by atoms with E-state index >= 15 is 0 Å². The van der Waals surface area contributed by atoms with Crippen molar-refractivity contribution in [2.24, 2.45) is 0 Å². The summed E-state index contributed by atoms with van der Waals surface area (Å²) in [6.45, 7) is 1.26. The second-order valence-electron chi connectivity index (χ2n) is 6.49. The molecule has 0 saturated carbocycles. The monoisotopic (exact) mass is 457 g/mol. The van der Waals surface area contributed by atoms with Crippen LogP contribution >= 0.6 is 0 Å². The van der Waals surface area contributed by atoms with Gasteiger partial charge in [-0.2, -0.15) is 31.3 Å². The number of hydrogen-bond acceptors (Lipinski definition) is 6. The fourth-order valence-corrected chi connectivity index (χ4v) is 2.74. The zero-order valence-corrected chi connectivity index (χ0v) is 16.0. The van der Waals surface area contributed by atoms with Gasteiger partial charge in [-0.3, -0.25) is 10.1 Å². The largest absolute Gasteiger partial charge is 0.416 e. The molecule has 0 atom stereocenters. The van der Waals surface area contributed by atoms with Crippen LogP contribution in [-0.2, 0) is 12.4 Å². The maximum absolute atomic E-state index is 12.9. The minimum atomic E-state index is -4.64. The molecular weight excluding hydrogens is 444 g/mol. The predicted octanol–water partition coefficient (Wildman–Crippen LogP) is 6.22. The van der Waals surface area contributed by atoms with Crippen molar-refractivity contribution in [2.45, 2.75) is 19.3 Å². The molecule has 0 spiro atoms. The summed E-state index contributed by atoms with van der Waals surface area (Å²) >= 11 is 0. The van der Waals surface area contributed by atoms with Crippen molar-refractivity contribution in [3.8, 4) is 0 Å². The number of hydrogen-bond donors (Lipinski definition) is 2. The highest BCUT2D eigenvalue weighted by Gasteiger charge is 2.32. The Hall–Kier alpha value is -3.90. The van der Waals surface area contributed by atoms with E-state index in [0.29, 0.717) is 0 Å². The third kappa shape index (κ3) is 5.22. The molecular formula is C19H13F6N5O2. The standard InChI is InChI=1S/C19H13F6N5O2/c1-10-15(30(31)32)16(27-13-6-2-4-11(8-13)18(20,21)22)29-17(26-10)28-14-7-3-5-12(9-14)19(23,24)25/h2-9H,1H3,(H2,26,27,28,29). The Morgan fingerprint density at radius 3 is 1.81 bits per heavy atom. The Labute approximate surface area is 176 Å². The van der Waals surface area contributed by atoms with Crippen LogP contribution in [0.4, 0.5) is 55.2 Å². The van der Waals surface area contributed by atoms with Gasteiger partial charge in [-0.15, -0.1) is 0 Å². The van der Waals surface area contributed by atoms with E-state index in [-0.39, 0.29) is 23.0 Å². The van der Waals surface area contributed by atoms with Crippen LogP contribution in [0.3, 0.4) is 0 Å². The highest BCUT2D eigenvalue weighted by Crippen LogP contribution is 2.35. The molecule has 0 aliphatic rings. The average Bonchev–Trinajstić information content (AvgIpc) is 2.66. The first-order valence-electron chi connectivity index (χ1n) is 8.76. The van der Waals surface area contributed by atoms with E-state index in [1.807, 2.05) is 0 Å². The third-order valence-corrected chi connectivity index (χ3v) is 4.14. The molecule has 1 heterocycles. The summed E-state index contributed by atoms with van der Waals surface area (Å²) in [5, 5.41) is 16.4. The Bertz CT molecular complexity index is 1160. The molecule has 168 valence electrons. The van der Waals surface area contributed by atoms with Gasteiger partial charge in [-0.05, 0) is 43.3 Å². The van der Waals surface area contributed by atoms with E-state index in [0.717, 1.165) is 36.4 Å². The number of benzene rings is 2. The van der Waals surface area contributed by atoms with Crippen LogP contribution in [0.25, 0.3) is 0 Å². The predicted molar refractivity (Wildman–Crippen MR) is 103 cm³/mol. The van der Waals surface area contributed by atoms with Gasteiger partial charge in [0.15, 0.2) is 0 Å². The van der Waals surface area contributed by atoms with Gasteiger partial charge in [0.2, 0.25) is 11.8 Å². The van der Waals surface area contributed by atoms with Crippen molar-refractivity contribution >= 4 is 28.8 Å². The number of aromatic nitrogens is 2. The van der Waals surface area contributed by atoms with Crippen molar-refractivity contribution in [3.05, 3.63) is 75.5 Å². The summed E-state index contributed by atoms with van der Waals surface area (Å²) in [5.41, 5.74) is -2.86. The summed E-state index contributed by atoms with van der Waals surface area (Å²) in [5.74, 6) is -0.724. The molecule has 0 unspecified atom stereocenters. The van der Waals surface area contributed by atoms with Crippen molar-refractivity contribution in [3.63, 3.8) is 0 Å². The normalized spacial score (nSPS) is 11.8. The summed E-state index contributed by atoms with van der Waals surface area (Å²) in [7, 11) is 0. The van der Waals surface area contributed by atoms with E-state index in [9.17, 15) is 36.5 Å². The lowest BCUT2D eigenvalue weighted by atomic mass is 10.2. The number of aryl methyl sites for hydroxylation is 1. The quantitative estimate of drug-likeness (QED) is 0.269. The lowest BCUT2D eigenvalue weighted by Crippen LogP contribution is -2.09. The van der Waals surface area contributed by atoms with Crippen LogP contribution < -0.4 is 10.6 Å². The first-order valence-corrected chi connectivity index (χ1v) is 8.76. The molecule has 0 amide bonds. The maximum atomic E-state index is 12.9. The highest BCUT2D eigenvalue weighted by atomic mass is 19.4. The Morgan fingerprint density at radius 1 is 0.844 bits per heavy atom. The summed E-state index contributed by atoms with van der Waals surface area (Å²) in [4.78, 5) is 18.4. The van der Waals surface area contributed by atoms with Crippen LogP contribution in [0.2, 0.25) is 0 Å². The smallest absolute Gasteiger partial charge is 0.334 e.